The third-order valence-corrected chi connectivity index (χ3v) is 2.81. The number of nitrogens with zero attached hydrogens (tertiary/aromatic N) is 1. The van der Waals surface area contributed by atoms with Crippen molar-refractivity contribution in [3.8, 4) is 0 Å². The fourth-order valence-corrected chi connectivity index (χ4v) is 2.07. The normalized spacial score (nSPS) is 25.1. The van der Waals surface area contributed by atoms with Crippen molar-refractivity contribution in [1.29, 1.82) is 0 Å². The zero-order valence-corrected chi connectivity index (χ0v) is 10.0. The van der Waals surface area contributed by atoms with Crippen molar-refractivity contribution in [2.45, 2.75) is 32.4 Å². The SMILES string of the molecule is C=CC(NCC)C1CN(CCC)CCO1. The Kier molecular flexibility index (Phi) is 5.91. The quantitative estimate of drug-likeness (QED) is 0.671. The molecule has 0 radical (unpaired) electrons. The third kappa shape index (κ3) is 3.93. The van der Waals surface area contributed by atoms with Gasteiger partial charge in [-0.3, -0.25) is 4.90 Å². The molecule has 1 aliphatic rings. The van der Waals surface area contributed by atoms with E-state index in [2.05, 4.69) is 30.6 Å². The first-order valence-electron chi connectivity index (χ1n) is 6.01. The summed E-state index contributed by atoms with van der Waals surface area (Å²) in [6.45, 7) is 13.3. The number of rotatable bonds is 6. The molecule has 3 heteroatoms. The molecule has 0 amide bonds. The monoisotopic (exact) mass is 212 g/mol. The van der Waals surface area contributed by atoms with Crippen LogP contribution in [0.1, 0.15) is 20.3 Å². The lowest BCUT2D eigenvalue weighted by Crippen LogP contribution is -2.51. The van der Waals surface area contributed by atoms with Gasteiger partial charge in [0.25, 0.3) is 0 Å². The molecule has 1 aliphatic heterocycles. The highest BCUT2D eigenvalue weighted by molar-refractivity contribution is 4.94. The smallest absolute Gasteiger partial charge is 0.0890 e. The molecule has 1 saturated heterocycles. The fraction of sp³-hybridized carbons (Fsp3) is 0.833. The predicted octanol–water partition coefficient (Wildman–Crippen LogP) is 1.26. The van der Waals surface area contributed by atoms with E-state index in [9.17, 15) is 0 Å². The molecular weight excluding hydrogens is 188 g/mol. The molecular formula is C12H24N2O. The zero-order chi connectivity index (χ0) is 11.1. The molecule has 0 aromatic heterocycles. The molecule has 0 aromatic carbocycles. The minimum Gasteiger partial charge on any atom is -0.374 e. The molecule has 88 valence electrons. The predicted molar refractivity (Wildman–Crippen MR) is 64.1 cm³/mol. The Hall–Kier alpha value is -0.380. The summed E-state index contributed by atoms with van der Waals surface area (Å²) in [6.07, 6.45) is 3.44. The first-order valence-corrected chi connectivity index (χ1v) is 6.01. The van der Waals surface area contributed by atoms with Gasteiger partial charge in [-0.1, -0.05) is 19.9 Å². The van der Waals surface area contributed by atoms with Crippen LogP contribution in [-0.4, -0.2) is 49.8 Å². The molecule has 1 rings (SSSR count). The summed E-state index contributed by atoms with van der Waals surface area (Å²) in [6, 6.07) is 0.287. The van der Waals surface area contributed by atoms with Crippen LogP contribution in [0.3, 0.4) is 0 Å². The minimum atomic E-state index is 0.266. The number of morpholine rings is 1. The molecule has 0 aromatic rings. The highest BCUT2D eigenvalue weighted by Gasteiger charge is 2.25. The average Bonchev–Trinajstić information content (AvgIpc) is 2.27. The zero-order valence-electron chi connectivity index (χ0n) is 10.0. The number of ether oxygens (including phenoxy) is 1. The van der Waals surface area contributed by atoms with Crippen molar-refractivity contribution < 1.29 is 4.74 Å². The van der Waals surface area contributed by atoms with Crippen LogP contribution in [0.25, 0.3) is 0 Å². The molecule has 2 unspecified atom stereocenters. The van der Waals surface area contributed by atoms with E-state index >= 15 is 0 Å². The summed E-state index contributed by atoms with van der Waals surface area (Å²) in [5, 5.41) is 3.39. The average molecular weight is 212 g/mol. The Morgan fingerprint density at radius 3 is 3.00 bits per heavy atom. The van der Waals surface area contributed by atoms with Crippen LogP contribution < -0.4 is 5.32 Å². The third-order valence-electron chi connectivity index (χ3n) is 2.81. The van der Waals surface area contributed by atoms with Gasteiger partial charge in [0.05, 0.1) is 18.8 Å². The summed E-state index contributed by atoms with van der Waals surface area (Å²) in [5.74, 6) is 0. The van der Waals surface area contributed by atoms with Gasteiger partial charge in [0.15, 0.2) is 0 Å². The number of likely N-dealkylation sites (N-methyl/N-ethyl adjacent to an activating group) is 1. The molecule has 0 saturated carbocycles. The van der Waals surface area contributed by atoms with E-state index in [1.54, 1.807) is 0 Å². The van der Waals surface area contributed by atoms with Gasteiger partial charge in [-0.2, -0.15) is 0 Å². The number of nitrogens with one attached hydrogen (secondary N) is 1. The second kappa shape index (κ2) is 6.99. The minimum absolute atomic E-state index is 0.266. The van der Waals surface area contributed by atoms with Gasteiger partial charge in [0.2, 0.25) is 0 Å². The van der Waals surface area contributed by atoms with Crippen LogP contribution >= 0.6 is 0 Å². The standard InChI is InChI=1S/C12H24N2O/c1-4-7-14-8-9-15-12(10-14)11(5-2)13-6-3/h5,11-13H,2,4,6-10H2,1,3H3. The van der Waals surface area contributed by atoms with Crippen molar-refractivity contribution in [1.82, 2.24) is 10.2 Å². The van der Waals surface area contributed by atoms with Gasteiger partial charge >= 0.3 is 0 Å². The summed E-state index contributed by atoms with van der Waals surface area (Å²) in [5.41, 5.74) is 0. The molecule has 0 spiro atoms. The molecule has 2 atom stereocenters. The Morgan fingerprint density at radius 1 is 1.60 bits per heavy atom. The molecule has 0 bridgehead atoms. The van der Waals surface area contributed by atoms with E-state index in [0.29, 0.717) is 0 Å². The van der Waals surface area contributed by atoms with Crippen LogP contribution in [0.15, 0.2) is 12.7 Å². The van der Waals surface area contributed by atoms with Gasteiger partial charge in [-0.05, 0) is 19.5 Å². The summed E-state index contributed by atoms with van der Waals surface area (Å²) < 4.78 is 5.78. The Morgan fingerprint density at radius 2 is 2.40 bits per heavy atom. The van der Waals surface area contributed by atoms with E-state index in [-0.39, 0.29) is 12.1 Å². The largest absolute Gasteiger partial charge is 0.374 e. The summed E-state index contributed by atoms with van der Waals surface area (Å²) >= 11 is 0. The molecule has 1 N–H and O–H groups in total. The van der Waals surface area contributed by atoms with E-state index in [1.807, 2.05) is 6.08 Å². The lowest BCUT2D eigenvalue weighted by molar-refractivity contribution is -0.0383. The Balaban J connectivity index is 2.42. The van der Waals surface area contributed by atoms with Crippen molar-refractivity contribution in [2.75, 3.05) is 32.8 Å². The first-order chi connectivity index (χ1) is 7.31. The summed E-state index contributed by atoms with van der Waals surface area (Å²) in [4.78, 5) is 2.47. The number of hydrogen-bond acceptors (Lipinski definition) is 3. The van der Waals surface area contributed by atoms with Crippen LogP contribution in [0.4, 0.5) is 0 Å². The maximum absolute atomic E-state index is 5.78. The van der Waals surface area contributed by atoms with Gasteiger partial charge < -0.3 is 10.1 Å². The highest BCUT2D eigenvalue weighted by atomic mass is 16.5. The van der Waals surface area contributed by atoms with Crippen LogP contribution in [-0.2, 0) is 4.74 Å². The van der Waals surface area contributed by atoms with Crippen LogP contribution in [0.2, 0.25) is 0 Å². The second-order valence-electron chi connectivity index (χ2n) is 4.03. The first kappa shape index (κ1) is 12.7. The second-order valence-corrected chi connectivity index (χ2v) is 4.03. The van der Waals surface area contributed by atoms with E-state index in [0.717, 1.165) is 26.2 Å². The van der Waals surface area contributed by atoms with Gasteiger partial charge in [-0.25, -0.2) is 0 Å². The van der Waals surface area contributed by atoms with Gasteiger partial charge in [0.1, 0.15) is 0 Å². The van der Waals surface area contributed by atoms with E-state index in [4.69, 9.17) is 4.74 Å². The van der Waals surface area contributed by atoms with Crippen LogP contribution in [0.5, 0.6) is 0 Å². The molecule has 3 nitrogen and oxygen atoms in total. The topological polar surface area (TPSA) is 24.5 Å². The van der Waals surface area contributed by atoms with Crippen LogP contribution in [0, 0.1) is 0 Å². The highest BCUT2D eigenvalue weighted by Crippen LogP contribution is 2.10. The maximum Gasteiger partial charge on any atom is 0.0890 e. The van der Waals surface area contributed by atoms with Crippen molar-refractivity contribution in [3.05, 3.63) is 12.7 Å². The Labute approximate surface area is 93.5 Å². The summed E-state index contributed by atoms with van der Waals surface area (Å²) in [7, 11) is 0. The lowest BCUT2D eigenvalue weighted by atomic mass is 10.1. The van der Waals surface area contributed by atoms with E-state index < -0.39 is 0 Å². The van der Waals surface area contributed by atoms with Crippen molar-refractivity contribution in [3.63, 3.8) is 0 Å². The van der Waals surface area contributed by atoms with E-state index in [1.165, 1.54) is 13.0 Å². The molecule has 15 heavy (non-hydrogen) atoms. The van der Waals surface area contributed by atoms with Gasteiger partial charge in [-0.15, -0.1) is 6.58 Å². The van der Waals surface area contributed by atoms with Gasteiger partial charge in [0, 0.05) is 13.1 Å². The number of hydrogen-bond donors (Lipinski definition) is 1. The molecule has 1 heterocycles. The Bertz CT molecular complexity index is 182. The van der Waals surface area contributed by atoms with Crippen molar-refractivity contribution >= 4 is 0 Å². The molecule has 0 aliphatic carbocycles. The fourth-order valence-electron chi connectivity index (χ4n) is 2.07. The van der Waals surface area contributed by atoms with Crippen molar-refractivity contribution in [2.24, 2.45) is 0 Å². The molecule has 1 fully saturated rings. The maximum atomic E-state index is 5.78. The lowest BCUT2D eigenvalue weighted by Gasteiger charge is -2.36.